The predicted octanol–water partition coefficient (Wildman–Crippen LogP) is 4.04. The van der Waals surface area contributed by atoms with Crippen LogP contribution in [0.4, 0.5) is 0 Å². The standard InChI is InChI=1S/C16H19N3/c1-4-12-8-18-15-6-5-13(7-14(12)15)19-10-17-9-16(19)11(2)3/h5-11,18H,4H2,1-3H3. The zero-order chi connectivity index (χ0) is 13.4. The lowest BCUT2D eigenvalue weighted by Gasteiger charge is -2.11. The van der Waals surface area contributed by atoms with E-state index in [1.807, 2.05) is 12.5 Å². The Balaban J connectivity index is 2.17. The molecule has 3 nitrogen and oxygen atoms in total. The Morgan fingerprint density at radius 3 is 2.89 bits per heavy atom. The quantitative estimate of drug-likeness (QED) is 0.751. The van der Waals surface area contributed by atoms with E-state index in [1.54, 1.807) is 0 Å². The first-order chi connectivity index (χ1) is 9.20. The number of H-pyrrole nitrogens is 1. The molecule has 0 saturated carbocycles. The second-order valence-corrected chi connectivity index (χ2v) is 5.24. The molecule has 98 valence electrons. The van der Waals surface area contributed by atoms with Crippen LogP contribution in [0, 0.1) is 0 Å². The number of fused-ring (bicyclic) bond motifs is 1. The molecule has 0 unspecified atom stereocenters. The lowest BCUT2D eigenvalue weighted by molar-refractivity contribution is 0.787. The van der Waals surface area contributed by atoms with E-state index in [0.717, 1.165) is 6.42 Å². The minimum atomic E-state index is 0.468. The predicted molar refractivity (Wildman–Crippen MR) is 78.9 cm³/mol. The molecule has 0 saturated heterocycles. The first kappa shape index (κ1) is 12.0. The van der Waals surface area contributed by atoms with Gasteiger partial charge in [0.05, 0.1) is 6.33 Å². The highest BCUT2D eigenvalue weighted by Gasteiger charge is 2.09. The zero-order valence-electron chi connectivity index (χ0n) is 11.6. The number of aromatic amines is 1. The summed E-state index contributed by atoms with van der Waals surface area (Å²) < 4.78 is 2.18. The van der Waals surface area contributed by atoms with E-state index in [2.05, 4.69) is 59.7 Å². The van der Waals surface area contributed by atoms with Crippen molar-refractivity contribution in [1.82, 2.24) is 14.5 Å². The lowest BCUT2D eigenvalue weighted by atomic mass is 10.1. The van der Waals surface area contributed by atoms with Crippen molar-refractivity contribution in [1.29, 1.82) is 0 Å². The van der Waals surface area contributed by atoms with Crippen LogP contribution in [0.1, 0.15) is 37.9 Å². The molecule has 0 aliphatic rings. The van der Waals surface area contributed by atoms with Gasteiger partial charge in [-0.05, 0) is 36.1 Å². The number of aromatic nitrogens is 3. The maximum atomic E-state index is 4.29. The maximum Gasteiger partial charge on any atom is 0.0994 e. The van der Waals surface area contributed by atoms with Crippen LogP contribution < -0.4 is 0 Å². The highest BCUT2D eigenvalue weighted by atomic mass is 15.1. The molecule has 3 rings (SSSR count). The topological polar surface area (TPSA) is 33.6 Å². The first-order valence-corrected chi connectivity index (χ1v) is 6.83. The SMILES string of the molecule is CCc1c[nH]c2ccc(-n3cncc3C(C)C)cc12. The van der Waals surface area contributed by atoms with E-state index in [-0.39, 0.29) is 0 Å². The van der Waals surface area contributed by atoms with Crippen molar-refractivity contribution >= 4 is 10.9 Å². The average molecular weight is 253 g/mol. The molecule has 0 fully saturated rings. The minimum Gasteiger partial charge on any atom is -0.361 e. The molecular weight excluding hydrogens is 234 g/mol. The van der Waals surface area contributed by atoms with Gasteiger partial charge in [-0.25, -0.2) is 4.98 Å². The van der Waals surface area contributed by atoms with Crippen molar-refractivity contribution in [2.24, 2.45) is 0 Å². The van der Waals surface area contributed by atoms with Gasteiger partial charge in [0, 0.05) is 34.7 Å². The van der Waals surface area contributed by atoms with Gasteiger partial charge in [0.1, 0.15) is 0 Å². The molecule has 2 aromatic heterocycles. The Labute approximate surface area is 113 Å². The number of nitrogens with one attached hydrogen (secondary N) is 1. The van der Waals surface area contributed by atoms with Crippen molar-refractivity contribution in [3.05, 3.63) is 48.2 Å². The normalized spacial score (nSPS) is 11.6. The minimum absolute atomic E-state index is 0.468. The fourth-order valence-electron chi connectivity index (χ4n) is 2.56. The zero-order valence-corrected chi connectivity index (χ0v) is 11.6. The Morgan fingerprint density at radius 2 is 2.16 bits per heavy atom. The summed E-state index contributed by atoms with van der Waals surface area (Å²) in [5.41, 5.74) is 4.99. The number of nitrogens with zero attached hydrogens (tertiary/aromatic N) is 2. The molecule has 2 heterocycles. The monoisotopic (exact) mass is 253 g/mol. The van der Waals surface area contributed by atoms with Gasteiger partial charge in [-0.2, -0.15) is 0 Å². The summed E-state index contributed by atoms with van der Waals surface area (Å²) in [6, 6.07) is 6.54. The molecule has 0 atom stereocenters. The first-order valence-electron chi connectivity index (χ1n) is 6.83. The summed E-state index contributed by atoms with van der Waals surface area (Å²) in [5, 5.41) is 1.31. The summed E-state index contributed by atoms with van der Waals surface area (Å²) in [6.45, 7) is 6.58. The van der Waals surface area contributed by atoms with Crippen LogP contribution in [0.5, 0.6) is 0 Å². The van der Waals surface area contributed by atoms with Gasteiger partial charge in [0.15, 0.2) is 0 Å². The molecule has 19 heavy (non-hydrogen) atoms. The van der Waals surface area contributed by atoms with Crippen LogP contribution in [-0.2, 0) is 6.42 Å². The van der Waals surface area contributed by atoms with E-state index < -0.39 is 0 Å². The van der Waals surface area contributed by atoms with Gasteiger partial charge in [0.2, 0.25) is 0 Å². The number of hydrogen-bond donors (Lipinski definition) is 1. The Bertz CT molecular complexity index is 704. The molecule has 1 N–H and O–H groups in total. The summed E-state index contributed by atoms with van der Waals surface area (Å²) >= 11 is 0. The van der Waals surface area contributed by atoms with Gasteiger partial charge >= 0.3 is 0 Å². The second-order valence-electron chi connectivity index (χ2n) is 5.24. The van der Waals surface area contributed by atoms with E-state index in [4.69, 9.17) is 0 Å². The van der Waals surface area contributed by atoms with Crippen LogP contribution in [0.2, 0.25) is 0 Å². The van der Waals surface area contributed by atoms with Gasteiger partial charge in [-0.3, -0.25) is 0 Å². The van der Waals surface area contributed by atoms with E-state index in [1.165, 1.54) is 27.8 Å². The summed E-state index contributed by atoms with van der Waals surface area (Å²) in [7, 11) is 0. The lowest BCUT2D eigenvalue weighted by Crippen LogP contribution is -2.00. The van der Waals surface area contributed by atoms with Crippen LogP contribution >= 0.6 is 0 Å². The van der Waals surface area contributed by atoms with Crippen molar-refractivity contribution < 1.29 is 0 Å². The van der Waals surface area contributed by atoms with Crippen LogP contribution in [0.3, 0.4) is 0 Å². The van der Waals surface area contributed by atoms with Gasteiger partial charge in [-0.1, -0.05) is 20.8 Å². The third-order valence-electron chi connectivity index (χ3n) is 3.67. The van der Waals surface area contributed by atoms with E-state index in [9.17, 15) is 0 Å². The van der Waals surface area contributed by atoms with Crippen molar-refractivity contribution in [2.45, 2.75) is 33.1 Å². The molecule has 0 bridgehead atoms. The summed E-state index contributed by atoms with van der Waals surface area (Å²) in [4.78, 5) is 7.61. The van der Waals surface area contributed by atoms with Crippen LogP contribution in [0.15, 0.2) is 36.9 Å². The molecule has 0 amide bonds. The van der Waals surface area contributed by atoms with E-state index in [0.29, 0.717) is 5.92 Å². The summed E-state index contributed by atoms with van der Waals surface area (Å²) in [6.07, 6.45) is 7.00. The van der Waals surface area contributed by atoms with Gasteiger partial charge in [0.25, 0.3) is 0 Å². The molecule has 3 heteroatoms. The Hall–Kier alpha value is -2.03. The Kier molecular flexibility index (Phi) is 2.90. The fourth-order valence-corrected chi connectivity index (χ4v) is 2.56. The summed E-state index contributed by atoms with van der Waals surface area (Å²) in [5.74, 6) is 0.468. The number of benzene rings is 1. The largest absolute Gasteiger partial charge is 0.361 e. The number of imidazole rings is 1. The van der Waals surface area contributed by atoms with Gasteiger partial charge in [-0.15, -0.1) is 0 Å². The Morgan fingerprint density at radius 1 is 1.32 bits per heavy atom. The van der Waals surface area contributed by atoms with Crippen molar-refractivity contribution in [3.63, 3.8) is 0 Å². The van der Waals surface area contributed by atoms with Crippen LogP contribution in [-0.4, -0.2) is 14.5 Å². The average Bonchev–Trinajstić information content (AvgIpc) is 3.04. The van der Waals surface area contributed by atoms with E-state index >= 15 is 0 Å². The molecule has 0 aliphatic carbocycles. The maximum absolute atomic E-state index is 4.29. The second kappa shape index (κ2) is 4.57. The highest BCUT2D eigenvalue weighted by Crippen LogP contribution is 2.24. The number of aryl methyl sites for hydroxylation is 1. The van der Waals surface area contributed by atoms with Crippen LogP contribution in [0.25, 0.3) is 16.6 Å². The van der Waals surface area contributed by atoms with Crippen molar-refractivity contribution in [2.75, 3.05) is 0 Å². The molecule has 0 radical (unpaired) electrons. The highest BCUT2D eigenvalue weighted by molar-refractivity contribution is 5.85. The number of rotatable bonds is 3. The third-order valence-corrected chi connectivity index (χ3v) is 3.67. The smallest absolute Gasteiger partial charge is 0.0994 e. The molecule has 0 spiro atoms. The fraction of sp³-hybridized carbons (Fsp3) is 0.312. The molecular formula is C16H19N3. The van der Waals surface area contributed by atoms with Gasteiger partial charge < -0.3 is 9.55 Å². The van der Waals surface area contributed by atoms with Crippen molar-refractivity contribution in [3.8, 4) is 5.69 Å². The number of hydrogen-bond acceptors (Lipinski definition) is 1. The molecule has 0 aliphatic heterocycles. The third kappa shape index (κ3) is 1.95. The molecule has 1 aromatic carbocycles. The molecule has 3 aromatic rings.